The zero-order valence-electron chi connectivity index (χ0n) is 9.38. The van der Waals surface area contributed by atoms with Crippen LogP contribution in [-0.2, 0) is 0 Å². The van der Waals surface area contributed by atoms with Crippen LogP contribution in [0.2, 0.25) is 0 Å². The Morgan fingerprint density at radius 1 is 1.00 bits per heavy atom. The van der Waals surface area contributed by atoms with Gasteiger partial charge >= 0.3 is 0 Å². The Balaban J connectivity index is 2.11. The van der Waals surface area contributed by atoms with E-state index in [4.69, 9.17) is 0 Å². The summed E-state index contributed by atoms with van der Waals surface area (Å²) in [5.41, 5.74) is 0.366. The Bertz CT molecular complexity index is 195. The second kappa shape index (κ2) is 2.96. The van der Waals surface area contributed by atoms with Crippen molar-refractivity contribution in [1.82, 2.24) is 9.80 Å². The fourth-order valence-electron chi connectivity index (χ4n) is 3.03. The molecule has 0 bridgehead atoms. The van der Waals surface area contributed by atoms with Crippen LogP contribution in [0.3, 0.4) is 0 Å². The minimum atomic E-state index is 0.366. The maximum Gasteiger partial charge on any atom is 0.0269 e. The van der Waals surface area contributed by atoms with Crippen LogP contribution >= 0.6 is 0 Å². The number of rotatable bonds is 0. The Morgan fingerprint density at radius 3 is 2.23 bits per heavy atom. The third kappa shape index (κ3) is 1.50. The molecule has 0 aromatic rings. The van der Waals surface area contributed by atoms with Crippen LogP contribution in [0.5, 0.6) is 0 Å². The topological polar surface area (TPSA) is 6.48 Å². The number of hydrogen-bond acceptors (Lipinski definition) is 2. The molecule has 2 heteroatoms. The van der Waals surface area contributed by atoms with E-state index in [1.54, 1.807) is 0 Å². The van der Waals surface area contributed by atoms with Crippen LogP contribution in [0, 0.1) is 0 Å². The van der Waals surface area contributed by atoms with Crippen molar-refractivity contribution < 1.29 is 0 Å². The average Bonchev–Trinajstić information content (AvgIpc) is 2.51. The highest BCUT2D eigenvalue weighted by atomic mass is 15.3. The van der Waals surface area contributed by atoms with E-state index in [1.165, 1.54) is 25.9 Å². The molecule has 13 heavy (non-hydrogen) atoms. The van der Waals surface area contributed by atoms with Crippen molar-refractivity contribution in [3.05, 3.63) is 0 Å². The third-order valence-electron chi connectivity index (χ3n) is 3.72. The first kappa shape index (κ1) is 9.47. The lowest BCUT2D eigenvalue weighted by molar-refractivity contribution is 0.118. The number of fused-ring (bicyclic) bond motifs is 1. The molecule has 2 saturated heterocycles. The highest BCUT2D eigenvalue weighted by Crippen LogP contribution is 2.34. The number of nitrogens with zero attached hydrogens (tertiary/aromatic N) is 2. The largest absolute Gasteiger partial charge is 0.302 e. The van der Waals surface area contributed by atoms with Crippen molar-refractivity contribution >= 4 is 0 Å². The third-order valence-corrected chi connectivity index (χ3v) is 3.72. The van der Waals surface area contributed by atoms with E-state index in [2.05, 4.69) is 37.6 Å². The summed E-state index contributed by atoms with van der Waals surface area (Å²) < 4.78 is 0. The molecule has 2 atom stereocenters. The fourth-order valence-corrected chi connectivity index (χ4v) is 3.03. The molecular formula is C11H22N2. The van der Waals surface area contributed by atoms with E-state index in [0.29, 0.717) is 5.54 Å². The number of likely N-dealkylation sites (tertiary alicyclic amines) is 2. The fraction of sp³-hybridized carbons (Fsp3) is 1.00. The Kier molecular flexibility index (Phi) is 2.16. The van der Waals surface area contributed by atoms with Crippen LogP contribution in [0.1, 0.15) is 33.6 Å². The minimum absolute atomic E-state index is 0.366. The van der Waals surface area contributed by atoms with Gasteiger partial charge in [0.25, 0.3) is 0 Å². The minimum Gasteiger partial charge on any atom is -0.302 e. The summed E-state index contributed by atoms with van der Waals surface area (Å²) in [4.78, 5) is 5.23. The summed E-state index contributed by atoms with van der Waals surface area (Å²) in [6.07, 6.45) is 2.75. The van der Waals surface area contributed by atoms with Crippen molar-refractivity contribution in [3.8, 4) is 0 Å². The summed E-state index contributed by atoms with van der Waals surface area (Å²) in [6.45, 7) is 9.61. The van der Waals surface area contributed by atoms with Crippen molar-refractivity contribution in [3.63, 3.8) is 0 Å². The van der Waals surface area contributed by atoms with E-state index < -0.39 is 0 Å². The van der Waals surface area contributed by atoms with Crippen LogP contribution in [-0.4, -0.2) is 47.6 Å². The molecule has 2 aliphatic heterocycles. The molecule has 0 amide bonds. The van der Waals surface area contributed by atoms with E-state index in [0.717, 1.165) is 12.1 Å². The molecule has 0 spiro atoms. The lowest BCUT2D eigenvalue weighted by Gasteiger charge is -2.36. The standard InChI is InChI=1S/C11H22N2/c1-11(2,3)13-8-6-9-10(13)5-7-12(9)4/h9-10H,5-8H2,1-4H3. The summed E-state index contributed by atoms with van der Waals surface area (Å²) in [6, 6.07) is 1.68. The predicted octanol–water partition coefficient (Wildman–Crippen LogP) is 1.56. The average molecular weight is 182 g/mol. The smallest absolute Gasteiger partial charge is 0.0269 e. The highest BCUT2D eigenvalue weighted by Gasteiger charge is 2.44. The first-order valence-electron chi connectivity index (χ1n) is 5.47. The normalized spacial score (nSPS) is 36.9. The van der Waals surface area contributed by atoms with Gasteiger partial charge in [-0.2, -0.15) is 0 Å². The molecule has 0 aromatic heterocycles. The molecule has 2 unspecified atom stereocenters. The molecule has 2 aliphatic rings. The quantitative estimate of drug-likeness (QED) is 0.561. The summed E-state index contributed by atoms with van der Waals surface area (Å²) in [5, 5.41) is 0. The molecule has 2 nitrogen and oxygen atoms in total. The van der Waals surface area contributed by atoms with Gasteiger partial charge in [0, 0.05) is 24.2 Å². The van der Waals surface area contributed by atoms with Gasteiger partial charge in [0.05, 0.1) is 0 Å². The number of likely N-dealkylation sites (N-methyl/N-ethyl adjacent to an activating group) is 1. The van der Waals surface area contributed by atoms with E-state index >= 15 is 0 Å². The molecule has 0 N–H and O–H groups in total. The van der Waals surface area contributed by atoms with Crippen molar-refractivity contribution in [2.24, 2.45) is 0 Å². The Labute approximate surface area is 81.9 Å². The molecule has 2 rings (SSSR count). The zero-order chi connectivity index (χ0) is 9.64. The molecule has 0 aliphatic carbocycles. The first-order valence-corrected chi connectivity index (χ1v) is 5.47. The molecule has 0 radical (unpaired) electrons. The highest BCUT2D eigenvalue weighted by molar-refractivity contribution is 5.01. The van der Waals surface area contributed by atoms with Crippen LogP contribution < -0.4 is 0 Å². The molecular weight excluding hydrogens is 160 g/mol. The van der Waals surface area contributed by atoms with Gasteiger partial charge in [0.15, 0.2) is 0 Å². The number of hydrogen-bond donors (Lipinski definition) is 0. The van der Waals surface area contributed by atoms with Gasteiger partial charge < -0.3 is 4.90 Å². The lowest BCUT2D eigenvalue weighted by Crippen LogP contribution is -2.46. The van der Waals surface area contributed by atoms with Crippen molar-refractivity contribution in [2.45, 2.75) is 51.2 Å². The van der Waals surface area contributed by atoms with Crippen LogP contribution in [0.25, 0.3) is 0 Å². The second-order valence-electron chi connectivity index (χ2n) is 5.56. The Hall–Kier alpha value is -0.0800. The van der Waals surface area contributed by atoms with Gasteiger partial charge in [-0.1, -0.05) is 0 Å². The molecule has 2 heterocycles. The van der Waals surface area contributed by atoms with Gasteiger partial charge in [-0.25, -0.2) is 0 Å². The van der Waals surface area contributed by atoms with Crippen LogP contribution in [0.4, 0.5) is 0 Å². The molecule has 2 fully saturated rings. The molecule has 76 valence electrons. The summed E-state index contributed by atoms with van der Waals surface area (Å²) in [5.74, 6) is 0. The first-order chi connectivity index (χ1) is 6.00. The maximum atomic E-state index is 2.70. The Morgan fingerprint density at radius 2 is 1.62 bits per heavy atom. The van der Waals surface area contributed by atoms with Gasteiger partial charge in [0.2, 0.25) is 0 Å². The van der Waals surface area contributed by atoms with Gasteiger partial charge in [0.1, 0.15) is 0 Å². The second-order valence-corrected chi connectivity index (χ2v) is 5.56. The maximum absolute atomic E-state index is 2.70. The van der Waals surface area contributed by atoms with Gasteiger partial charge in [-0.05, 0) is 47.2 Å². The van der Waals surface area contributed by atoms with Crippen LogP contribution in [0.15, 0.2) is 0 Å². The molecule has 0 aromatic carbocycles. The van der Waals surface area contributed by atoms with E-state index in [1.807, 2.05) is 0 Å². The summed E-state index contributed by atoms with van der Waals surface area (Å²) in [7, 11) is 2.27. The predicted molar refractivity (Wildman–Crippen MR) is 55.9 cm³/mol. The SMILES string of the molecule is CN1CCC2C1CCN2C(C)(C)C. The van der Waals surface area contributed by atoms with E-state index in [9.17, 15) is 0 Å². The van der Waals surface area contributed by atoms with Crippen molar-refractivity contribution in [1.29, 1.82) is 0 Å². The lowest BCUT2D eigenvalue weighted by atomic mass is 10.0. The van der Waals surface area contributed by atoms with E-state index in [-0.39, 0.29) is 0 Å². The van der Waals surface area contributed by atoms with Crippen molar-refractivity contribution in [2.75, 3.05) is 20.1 Å². The van der Waals surface area contributed by atoms with Gasteiger partial charge in [-0.15, -0.1) is 0 Å². The zero-order valence-corrected chi connectivity index (χ0v) is 9.38. The molecule has 0 saturated carbocycles. The summed E-state index contributed by atoms with van der Waals surface area (Å²) >= 11 is 0. The monoisotopic (exact) mass is 182 g/mol. The van der Waals surface area contributed by atoms with Gasteiger partial charge in [-0.3, -0.25) is 4.90 Å².